The number of aliphatic hydroxyl groups is 1. The largest absolute Gasteiger partial charge is 0.416 e. The minimum atomic E-state index is -4.45. The van der Waals surface area contributed by atoms with Crippen molar-refractivity contribution in [3.8, 4) is 6.07 Å². The summed E-state index contributed by atoms with van der Waals surface area (Å²) in [5.41, 5.74) is -0.400. The molecule has 1 aromatic carbocycles. The Labute approximate surface area is 102 Å². The number of benzene rings is 1. The quantitative estimate of drug-likeness (QED) is 0.837. The van der Waals surface area contributed by atoms with Crippen molar-refractivity contribution in [3.05, 3.63) is 29.3 Å². The SMILES string of the molecule is N#Cc1cc(C(F)(F)F)ccc1N1CC[C@@H](O)C1. The summed E-state index contributed by atoms with van der Waals surface area (Å²) >= 11 is 0. The van der Waals surface area contributed by atoms with E-state index in [0.29, 0.717) is 25.2 Å². The molecule has 0 aliphatic carbocycles. The third-order valence-electron chi connectivity index (χ3n) is 2.95. The molecule has 0 aromatic heterocycles. The van der Waals surface area contributed by atoms with Crippen LogP contribution in [0.3, 0.4) is 0 Å². The summed E-state index contributed by atoms with van der Waals surface area (Å²) in [5, 5.41) is 18.3. The van der Waals surface area contributed by atoms with Gasteiger partial charge in [-0.1, -0.05) is 0 Å². The molecular weight excluding hydrogens is 245 g/mol. The van der Waals surface area contributed by atoms with Crippen molar-refractivity contribution in [2.24, 2.45) is 0 Å². The molecule has 0 unspecified atom stereocenters. The van der Waals surface area contributed by atoms with Gasteiger partial charge in [-0.3, -0.25) is 0 Å². The highest BCUT2D eigenvalue weighted by molar-refractivity contribution is 5.61. The summed E-state index contributed by atoms with van der Waals surface area (Å²) in [5.74, 6) is 0. The molecule has 1 fully saturated rings. The molecule has 1 aliphatic rings. The average molecular weight is 256 g/mol. The number of aliphatic hydroxyl groups excluding tert-OH is 1. The van der Waals surface area contributed by atoms with Crippen LogP contribution < -0.4 is 4.90 Å². The molecule has 1 N–H and O–H groups in total. The number of alkyl halides is 3. The Balaban J connectivity index is 2.36. The van der Waals surface area contributed by atoms with Gasteiger partial charge in [0, 0.05) is 13.1 Å². The fourth-order valence-electron chi connectivity index (χ4n) is 2.04. The lowest BCUT2D eigenvalue weighted by Gasteiger charge is -2.20. The zero-order chi connectivity index (χ0) is 13.3. The molecule has 1 aromatic rings. The predicted molar refractivity (Wildman–Crippen MR) is 59.0 cm³/mol. The predicted octanol–water partition coefficient (Wildman–Crippen LogP) is 2.15. The second-order valence-electron chi connectivity index (χ2n) is 4.23. The number of β-amino-alcohol motifs (C(OH)–C–C–N with tert-alkyl or cyclic N) is 1. The van der Waals surface area contributed by atoms with E-state index in [1.54, 1.807) is 11.0 Å². The van der Waals surface area contributed by atoms with Crippen molar-refractivity contribution in [2.75, 3.05) is 18.0 Å². The van der Waals surface area contributed by atoms with Crippen molar-refractivity contribution in [1.29, 1.82) is 5.26 Å². The molecule has 1 aliphatic heterocycles. The van der Waals surface area contributed by atoms with Crippen LogP contribution in [0.5, 0.6) is 0 Å². The fourth-order valence-corrected chi connectivity index (χ4v) is 2.04. The van der Waals surface area contributed by atoms with Crippen LogP contribution in [0.25, 0.3) is 0 Å². The number of halogens is 3. The third-order valence-corrected chi connectivity index (χ3v) is 2.95. The van der Waals surface area contributed by atoms with Gasteiger partial charge >= 0.3 is 6.18 Å². The molecule has 0 spiro atoms. The van der Waals surface area contributed by atoms with Crippen molar-refractivity contribution < 1.29 is 18.3 Å². The molecule has 1 heterocycles. The minimum Gasteiger partial charge on any atom is -0.391 e. The molecule has 0 saturated carbocycles. The van der Waals surface area contributed by atoms with Crippen LogP contribution in [-0.2, 0) is 6.18 Å². The normalized spacial score (nSPS) is 19.9. The molecule has 1 atom stereocenters. The van der Waals surface area contributed by atoms with E-state index in [0.717, 1.165) is 12.1 Å². The second-order valence-corrected chi connectivity index (χ2v) is 4.23. The Morgan fingerprint density at radius 1 is 1.39 bits per heavy atom. The topological polar surface area (TPSA) is 47.3 Å². The Bertz CT molecular complexity index is 493. The van der Waals surface area contributed by atoms with Crippen molar-refractivity contribution in [2.45, 2.75) is 18.7 Å². The maximum atomic E-state index is 12.5. The standard InChI is InChI=1S/C12H11F3N2O/c13-12(14,15)9-1-2-11(8(5-9)6-16)17-4-3-10(18)7-17/h1-2,5,10,18H,3-4,7H2/t10-/m1/s1. The highest BCUT2D eigenvalue weighted by atomic mass is 19.4. The third kappa shape index (κ3) is 2.41. The Hall–Kier alpha value is -1.74. The van der Waals surface area contributed by atoms with E-state index in [1.165, 1.54) is 6.07 Å². The van der Waals surface area contributed by atoms with Crippen LogP contribution in [0.2, 0.25) is 0 Å². The van der Waals surface area contributed by atoms with Gasteiger partial charge in [0.1, 0.15) is 6.07 Å². The van der Waals surface area contributed by atoms with Crippen molar-refractivity contribution >= 4 is 5.69 Å². The summed E-state index contributed by atoms with van der Waals surface area (Å²) in [6, 6.07) is 4.87. The van der Waals surface area contributed by atoms with Gasteiger partial charge in [-0.25, -0.2) is 0 Å². The summed E-state index contributed by atoms with van der Waals surface area (Å²) in [4.78, 5) is 1.73. The molecule has 3 nitrogen and oxygen atoms in total. The van der Waals surface area contributed by atoms with Crippen LogP contribution in [0.15, 0.2) is 18.2 Å². The number of anilines is 1. The zero-order valence-electron chi connectivity index (χ0n) is 9.41. The number of nitrogens with zero attached hydrogens (tertiary/aromatic N) is 2. The van der Waals surface area contributed by atoms with Gasteiger partial charge in [-0.15, -0.1) is 0 Å². The minimum absolute atomic E-state index is 0.0149. The van der Waals surface area contributed by atoms with E-state index in [2.05, 4.69) is 0 Å². The summed E-state index contributed by atoms with van der Waals surface area (Å²) in [6.07, 6.45) is -4.38. The molecule has 1 saturated heterocycles. The molecular formula is C12H11F3N2O. The van der Waals surface area contributed by atoms with Gasteiger partial charge in [0.15, 0.2) is 0 Å². The van der Waals surface area contributed by atoms with Crippen LogP contribution >= 0.6 is 0 Å². The highest BCUT2D eigenvalue weighted by Crippen LogP contribution is 2.33. The van der Waals surface area contributed by atoms with Gasteiger partial charge in [-0.2, -0.15) is 18.4 Å². The first kappa shape index (κ1) is 12.7. The first-order valence-electron chi connectivity index (χ1n) is 5.46. The Morgan fingerprint density at radius 2 is 2.11 bits per heavy atom. The molecule has 0 bridgehead atoms. The maximum Gasteiger partial charge on any atom is 0.416 e. The van der Waals surface area contributed by atoms with Gasteiger partial charge < -0.3 is 10.0 Å². The van der Waals surface area contributed by atoms with Crippen molar-refractivity contribution in [1.82, 2.24) is 0 Å². The summed E-state index contributed by atoms with van der Waals surface area (Å²) in [6.45, 7) is 0.890. The van der Waals surface area contributed by atoms with E-state index in [4.69, 9.17) is 5.26 Å². The molecule has 0 radical (unpaired) electrons. The average Bonchev–Trinajstić information content (AvgIpc) is 2.73. The van der Waals surface area contributed by atoms with Gasteiger partial charge in [0.25, 0.3) is 0 Å². The second kappa shape index (κ2) is 4.50. The lowest BCUT2D eigenvalue weighted by molar-refractivity contribution is -0.137. The molecule has 18 heavy (non-hydrogen) atoms. The van der Waals surface area contributed by atoms with Crippen LogP contribution in [0.1, 0.15) is 17.5 Å². The lowest BCUT2D eigenvalue weighted by Crippen LogP contribution is -2.22. The number of rotatable bonds is 1. The molecule has 2 rings (SSSR count). The molecule has 6 heteroatoms. The summed E-state index contributed by atoms with van der Waals surface area (Å²) in [7, 11) is 0. The smallest absolute Gasteiger partial charge is 0.391 e. The first-order chi connectivity index (χ1) is 8.41. The van der Waals surface area contributed by atoms with Crippen LogP contribution in [0, 0.1) is 11.3 Å². The van der Waals surface area contributed by atoms with E-state index < -0.39 is 17.8 Å². The van der Waals surface area contributed by atoms with Crippen molar-refractivity contribution in [3.63, 3.8) is 0 Å². The number of hydrogen-bond acceptors (Lipinski definition) is 3. The monoisotopic (exact) mass is 256 g/mol. The van der Waals surface area contributed by atoms with Gasteiger partial charge in [0.05, 0.1) is 22.9 Å². The lowest BCUT2D eigenvalue weighted by atomic mass is 10.1. The van der Waals surface area contributed by atoms with E-state index >= 15 is 0 Å². The zero-order valence-corrected chi connectivity index (χ0v) is 9.41. The van der Waals surface area contributed by atoms with Crippen LogP contribution in [0.4, 0.5) is 18.9 Å². The summed E-state index contributed by atoms with van der Waals surface area (Å²) < 4.78 is 37.5. The van der Waals surface area contributed by atoms with E-state index in [-0.39, 0.29) is 5.56 Å². The molecule has 0 amide bonds. The Morgan fingerprint density at radius 3 is 2.61 bits per heavy atom. The number of hydrogen-bond donors (Lipinski definition) is 1. The highest BCUT2D eigenvalue weighted by Gasteiger charge is 2.32. The number of nitriles is 1. The van der Waals surface area contributed by atoms with Gasteiger partial charge in [0.2, 0.25) is 0 Å². The fraction of sp³-hybridized carbons (Fsp3) is 0.417. The van der Waals surface area contributed by atoms with Gasteiger partial charge in [-0.05, 0) is 24.6 Å². The molecule has 96 valence electrons. The Kier molecular flexibility index (Phi) is 3.18. The first-order valence-corrected chi connectivity index (χ1v) is 5.46. The van der Waals surface area contributed by atoms with E-state index in [9.17, 15) is 18.3 Å². The maximum absolute atomic E-state index is 12.5. The van der Waals surface area contributed by atoms with E-state index in [1.807, 2.05) is 0 Å². The van der Waals surface area contributed by atoms with Crippen LogP contribution in [-0.4, -0.2) is 24.3 Å².